The first kappa shape index (κ1) is 14.2. The van der Waals surface area contributed by atoms with Crippen molar-refractivity contribution in [2.24, 2.45) is 0 Å². The van der Waals surface area contributed by atoms with E-state index in [1.165, 1.54) is 6.92 Å². The molecule has 1 atom stereocenters. The highest BCUT2D eigenvalue weighted by molar-refractivity contribution is 5.71. The quantitative estimate of drug-likeness (QED) is 0.449. The number of aliphatic hydroxyl groups is 1. The minimum atomic E-state index is -0.881. The minimum absolute atomic E-state index is 0.0811. The second-order valence-electron chi connectivity index (χ2n) is 3.66. The van der Waals surface area contributed by atoms with Gasteiger partial charge in [0, 0.05) is 20.0 Å². The molecule has 18 heavy (non-hydrogen) atoms. The molecule has 0 saturated heterocycles. The molecule has 0 bridgehead atoms. The minimum Gasteiger partial charge on any atom is -0.494 e. The van der Waals surface area contributed by atoms with Gasteiger partial charge in [0.1, 0.15) is 5.75 Å². The highest BCUT2D eigenvalue weighted by Crippen LogP contribution is 2.19. The van der Waals surface area contributed by atoms with E-state index in [4.69, 9.17) is 14.6 Å². The van der Waals surface area contributed by atoms with Crippen LogP contribution in [0.2, 0.25) is 0 Å². The lowest BCUT2D eigenvalue weighted by Gasteiger charge is -2.11. The van der Waals surface area contributed by atoms with Crippen LogP contribution in [0.1, 0.15) is 25.0 Å². The molecule has 1 aromatic rings. The smallest absolute Gasteiger partial charge is 0.303 e. The van der Waals surface area contributed by atoms with Crippen LogP contribution in [0.25, 0.3) is 0 Å². The van der Waals surface area contributed by atoms with Gasteiger partial charge in [-0.1, -0.05) is 12.1 Å². The summed E-state index contributed by atoms with van der Waals surface area (Å²) in [5.41, 5.74) is 0.592. The van der Waals surface area contributed by atoms with Crippen LogP contribution in [0.4, 0.5) is 0 Å². The molecule has 0 heterocycles. The van der Waals surface area contributed by atoms with Crippen molar-refractivity contribution in [3.63, 3.8) is 0 Å². The third-order valence-electron chi connectivity index (χ3n) is 2.20. The number of hydrogen-bond acceptors (Lipinski definition) is 5. The number of rotatable bonds is 7. The van der Waals surface area contributed by atoms with Crippen molar-refractivity contribution in [1.29, 1.82) is 0 Å². The maximum atomic E-state index is 10.8. The molecule has 5 nitrogen and oxygen atoms in total. The summed E-state index contributed by atoms with van der Waals surface area (Å²) < 4.78 is 10.2. The van der Waals surface area contributed by atoms with Gasteiger partial charge in [-0.15, -0.1) is 0 Å². The average Bonchev–Trinajstić information content (AvgIpc) is 2.37. The van der Waals surface area contributed by atoms with E-state index >= 15 is 0 Å². The number of aliphatic hydroxyl groups excluding tert-OH is 1. The second-order valence-corrected chi connectivity index (χ2v) is 3.66. The fraction of sp³-hybridized carbons (Fsp3) is 0.385. The summed E-state index contributed by atoms with van der Waals surface area (Å²) in [7, 11) is 0. The van der Waals surface area contributed by atoms with Crippen molar-refractivity contribution in [3.8, 4) is 5.75 Å². The summed E-state index contributed by atoms with van der Waals surface area (Å²) >= 11 is 0. The Balaban J connectivity index is 2.62. The Morgan fingerprint density at radius 1 is 1.39 bits per heavy atom. The van der Waals surface area contributed by atoms with E-state index < -0.39 is 12.1 Å². The van der Waals surface area contributed by atoms with Gasteiger partial charge in [0.2, 0.25) is 0 Å². The van der Waals surface area contributed by atoms with Crippen molar-refractivity contribution < 1.29 is 24.2 Å². The summed E-state index contributed by atoms with van der Waals surface area (Å²) in [6.07, 6.45) is 0.254. The first-order valence-corrected chi connectivity index (χ1v) is 5.63. The lowest BCUT2D eigenvalue weighted by molar-refractivity contribution is -0.149. The van der Waals surface area contributed by atoms with Gasteiger partial charge in [0.25, 0.3) is 0 Å². The zero-order chi connectivity index (χ0) is 13.4. The maximum absolute atomic E-state index is 10.8. The number of esters is 1. The molecule has 5 heteroatoms. The van der Waals surface area contributed by atoms with Crippen LogP contribution in [-0.4, -0.2) is 30.6 Å². The summed E-state index contributed by atoms with van der Waals surface area (Å²) in [4.78, 5) is 21.6. The third-order valence-corrected chi connectivity index (χ3v) is 2.20. The van der Waals surface area contributed by atoms with Gasteiger partial charge in [0.05, 0.1) is 6.61 Å². The summed E-state index contributed by atoms with van der Waals surface area (Å²) in [6, 6.07) is 6.70. The van der Waals surface area contributed by atoms with E-state index in [9.17, 15) is 9.59 Å². The Labute approximate surface area is 105 Å². The van der Waals surface area contributed by atoms with Gasteiger partial charge >= 0.3 is 5.97 Å². The second kappa shape index (κ2) is 7.45. The van der Waals surface area contributed by atoms with E-state index in [1.54, 1.807) is 24.3 Å². The number of hydrogen-bond donors (Lipinski definition) is 1. The van der Waals surface area contributed by atoms with E-state index in [0.717, 1.165) is 0 Å². The zero-order valence-corrected chi connectivity index (χ0v) is 10.2. The van der Waals surface area contributed by atoms with Crippen LogP contribution in [-0.2, 0) is 14.3 Å². The molecule has 0 aromatic heterocycles. The largest absolute Gasteiger partial charge is 0.494 e. The molecule has 1 rings (SSSR count). The average molecular weight is 252 g/mol. The Kier molecular flexibility index (Phi) is 5.87. The van der Waals surface area contributed by atoms with E-state index in [2.05, 4.69) is 0 Å². The molecule has 0 saturated carbocycles. The lowest BCUT2D eigenvalue weighted by atomic mass is 10.1. The van der Waals surface area contributed by atoms with Crippen LogP contribution in [0.5, 0.6) is 5.75 Å². The molecule has 0 aliphatic carbocycles. The molecule has 0 aliphatic heterocycles. The maximum Gasteiger partial charge on any atom is 0.303 e. The number of aldehydes is 1. The van der Waals surface area contributed by atoms with Crippen molar-refractivity contribution in [2.75, 3.05) is 13.2 Å². The van der Waals surface area contributed by atoms with Crippen LogP contribution in [0, 0.1) is 0 Å². The van der Waals surface area contributed by atoms with Crippen LogP contribution in [0.15, 0.2) is 24.3 Å². The van der Waals surface area contributed by atoms with Gasteiger partial charge in [-0.25, -0.2) is 0 Å². The topological polar surface area (TPSA) is 72.8 Å². The van der Waals surface area contributed by atoms with E-state index in [-0.39, 0.29) is 6.61 Å². The van der Waals surface area contributed by atoms with E-state index in [0.29, 0.717) is 30.6 Å². The van der Waals surface area contributed by atoms with Gasteiger partial charge in [-0.3, -0.25) is 9.59 Å². The van der Waals surface area contributed by atoms with Crippen LogP contribution >= 0.6 is 0 Å². The lowest BCUT2D eigenvalue weighted by Crippen LogP contribution is -2.09. The molecule has 1 aromatic carbocycles. The summed E-state index contributed by atoms with van der Waals surface area (Å²) in [6.45, 7) is 1.76. The van der Waals surface area contributed by atoms with E-state index in [1.807, 2.05) is 0 Å². The summed E-state index contributed by atoms with van der Waals surface area (Å²) in [5.74, 6) is 0.134. The van der Waals surface area contributed by atoms with Crippen molar-refractivity contribution in [3.05, 3.63) is 29.8 Å². The molecule has 0 amide bonds. The molecular weight excluding hydrogens is 236 g/mol. The Hall–Kier alpha value is -1.88. The molecule has 0 fully saturated rings. The molecular formula is C13H16O5. The zero-order valence-electron chi connectivity index (χ0n) is 10.2. The predicted octanol–water partition coefficient (Wildman–Crippen LogP) is 1.25. The number of carbonyl (C=O) groups excluding carboxylic acids is 2. The van der Waals surface area contributed by atoms with Crippen LogP contribution in [0.3, 0.4) is 0 Å². The molecule has 1 unspecified atom stereocenters. The number of carbonyl (C=O) groups is 2. The molecule has 0 radical (unpaired) electrons. The van der Waals surface area contributed by atoms with Gasteiger partial charge in [-0.2, -0.15) is 0 Å². The number of ether oxygens (including phenoxy) is 2. The number of benzene rings is 1. The highest BCUT2D eigenvalue weighted by Gasteiger charge is 2.13. The Bertz CT molecular complexity index is 385. The molecule has 0 spiro atoms. The van der Waals surface area contributed by atoms with Gasteiger partial charge < -0.3 is 14.6 Å². The summed E-state index contributed by atoms with van der Waals surface area (Å²) in [5, 5.41) is 8.61. The molecule has 1 N–H and O–H groups in total. The molecule has 98 valence electrons. The standard InChI is InChI=1S/C13H16O5/c1-10(16)18-13(9-15)11-3-5-12(6-4-11)17-8-2-7-14/h3-6,9,13-14H,2,7-8H2,1H3. The molecule has 0 aliphatic rings. The predicted molar refractivity (Wildman–Crippen MR) is 64.2 cm³/mol. The van der Waals surface area contributed by atoms with Crippen molar-refractivity contribution in [2.45, 2.75) is 19.4 Å². The van der Waals surface area contributed by atoms with Crippen molar-refractivity contribution >= 4 is 12.3 Å². The van der Waals surface area contributed by atoms with Crippen LogP contribution < -0.4 is 4.74 Å². The highest BCUT2D eigenvalue weighted by atomic mass is 16.5. The first-order chi connectivity index (χ1) is 8.67. The van der Waals surface area contributed by atoms with Gasteiger partial charge in [-0.05, 0) is 17.7 Å². The van der Waals surface area contributed by atoms with Gasteiger partial charge in [0.15, 0.2) is 12.4 Å². The van der Waals surface area contributed by atoms with Crippen molar-refractivity contribution in [1.82, 2.24) is 0 Å². The monoisotopic (exact) mass is 252 g/mol. The Morgan fingerprint density at radius 3 is 2.56 bits per heavy atom. The Morgan fingerprint density at radius 2 is 2.06 bits per heavy atom. The fourth-order valence-corrected chi connectivity index (χ4v) is 1.36. The fourth-order valence-electron chi connectivity index (χ4n) is 1.36. The third kappa shape index (κ3) is 4.55. The normalized spacial score (nSPS) is 11.7. The first-order valence-electron chi connectivity index (χ1n) is 5.63. The SMILES string of the molecule is CC(=O)OC(C=O)c1ccc(OCCCO)cc1.